The normalized spacial score (nSPS) is 11.7. The average Bonchev–Trinajstić information content (AvgIpc) is 3.72. The summed E-state index contributed by atoms with van der Waals surface area (Å²) in [5.41, 5.74) is 10.1. The summed E-state index contributed by atoms with van der Waals surface area (Å²) >= 11 is 9.61. The number of fused-ring (bicyclic) bond motifs is 1. The molecule has 5 rings (SSSR count). The molecule has 5 N–H and O–H groups in total. The molecule has 2 aromatic carbocycles. The lowest BCUT2D eigenvalue weighted by Crippen LogP contribution is -2.22. The van der Waals surface area contributed by atoms with Gasteiger partial charge in [0.15, 0.2) is 14.4 Å². The Morgan fingerprint density at radius 3 is 2.02 bits per heavy atom. The van der Waals surface area contributed by atoms with Gasteiger partial charge in [-0.3, -0.25) is 4.55 Å². The van der Waals surface area contributed by atoms with Crippen molar-refractivity contribution >= 4 is 118 Å². The molecular formula is C33H42ClN11O5S4. The fraction of sp³-hybridized carbons (Fsp3) is 0.394. The first-order chi connectivity index (χ1) is 25.9. The molecule has 3 heterocycles. The average molecular weight is 836 g/mol. The summed E-state index contributed by atoms with van der Waals surface area (Å²) in [6, 6.07) is 7.31. The Bertz CT molecular complexity index is 2240. The van der Waals surface area contributed by atoms with Crippen LogP contribution in [-0.2, 0) is 10.1 Å². The number of benzene rings is 2. The first-order valence-corrected chi connectivity index (χ1v) is 21.4. The number of halogens is 1. The van der Waals surface area contributed by atoms with Gasteiger partial charge in [0.2, 0.25) is 11.9 Å². The molecule has 0 amide bonds. The molecule has 290 valence electrons. The molecule has 21 heteroatoms. The summed E-state index contributed by atoms with van der Waals surface area (Å²) in [5.74, 6) is 2.48. The third kappa shape index (κ3) is 9.01. The van der Waals surface area contributed by atoms with Crippen LogP contribution in [0.25, 0.3) is 10.2 Å². The Morgan fingerprint density at radius 2 is 1.46 bits per heavy atom. The maximum Gasteiger partial charge on any atom is 0.305 e. The number of thiophene rings is 1. The lowest BCUT2D eigenvalue weighted by Gasteiger charge is -2.25. The van der Waals surface area contributed by atoms with E-state index in [2.05, 4.69) is 55.8 Å². The summed E-state index contributed by atoms with van der Waals surface area (Å²) in [5, 5.41) is 16.5. The summed E-state index contributed by atoms with van der Waals surface area (Å²) < 4.78 is 48.7. The van der Waals surface area contributed by atoms with E-state index < -0.39 is 14.3 Å². The number of thioether (sulfide) groups is 1. The number of rotatable bonds is 18. The van der Waals surface area contributed by atoms with Crippen molar-refractivity contribution in [1.82, 2.24) is 19.3 Å². The van der Waals surface area contributed by atoms with Crippen LogP contribution in [-0.4, -0.2) is 78.4 Å². The SMILES string of the molecule is CCCSc1nc(Nc2cc(N(CC)CC)c(OC)cc2N)nc(Nc2cc(N(CC)CC)c(OC)cc2N=Nc2snc3sc(S(=O)(=O)O)c(Cl)c23)n1. The maximum absolute atomic E-state index is 11.9. The molecule has 0 bridgehead atoms. The van der Waals surface area contributed by atoms with E-state index in [1.54, 1.807) is 26.4 Å². The van der Waals surface area contributed by atoms with E-state index in [1.165, 1.54) is 11.8 Å². The Hall–Kier alpha value is -4.21. The Labute approximate surface area is 331 Å². The molecule has 5 aromatic rings. The lowest BCUT2D eigenvalue weighted by atomic mass is 10.2. The van der Waals surface area contributed by atoms with Crippen molar-refractivity contribution < 1.29 is 22.4 Å². The predicted octanol–water partition coefficient (Wildman–Crippen LogP) is 9.14. The van der Waals surface area contributed by atoms with Crippen molar-refractivity contribution in [2.75, 3.05) is 72.3 Å². The largest absolute Gasteiger partial charge is 0.495 e. The molecule has 0 aliphatic heterocycles. The highest BCUT2D eigenvalue weighted by atomic mass is 35.5. The second-order valence-electron chi connectivity index (χ2n) is 11.4. The molecule has 0 fully saturated rings. The molecule has 54 heavy (non-hydrogen) atoms. The van der Waals surface area contributed by atoms with Crippen LogP contribution in [0.5, 0.6) is 11.5 Å². The number of methoxy groups -OCH3 is 2. The summed E-state index contributed by atoms with van der Waals surface area (Å²) in [4.78, 5) is 18.8. The zero-order valence-corrected chi connectivity index (χ0v) is 34.8. The number of hydrogen-bond donors (Lipinski definition) is 4. The molecule has 0 spiro atoms. The van der Waals surface area contributed by atoms with Gasteiger partial charge in [-0.2, -0.15) is 27.7 Å². The number of nitrogen functional groups attached to an aromatic ring is 1. The van der Waals surface area contributed by atoms with E-state index >= 15 is 0 Å². The number of hydrogen-bond acceptors (Lipinski definition) is 18. The number of nitrogens with one attached hydrogen (secondary N) is 2. The second-order valence-corrected chi connectivity index (χ2v) is 16.2. The Balaban J connectivity index is 1.61. The van der Waals surface area contributed by atoms with Gasteiger partial charge in [-0.05, 0) is 57.8 Å². The van der Waals surface area contributed by atoms with Crippen LogP contribution < -0.4 is 35.6 Å². The van der Waals surface area contributed by atoms with Crippen LogP contribution in [0.15, 0.2) is 43.9 Å². The summed E-state index contributed by atoms with van der Waals surface area (Å²) in [6.07, 6.45) is 0.904. The topological polar surface area (TPSA) is 206 Å². The Kier molecular flexibility index (Phi) is 13.6. The van der Waals surface area contributed by atoms with E-state index in [9.17, 15) is 13.0 Å². The van der Waals surface area contributed by atoms with Crippen LogP contribution >= 0.6 is 46.2 Å². The van der Waals surface area contributed by atoms with E-state index in [-0.39, 0.29) is 27.3 Å². The number of aromatic nitrogens is 4. The van der Waals surface area contributed by atoms with E-state index in [0.717, 1.165) is 59.5 Å². The molecule has 16 nitrogen and oxygen atoms in total. The monoisotopic (exact) mass is 835 g/mol. The maximum atomic E-state index is 11.9. The van der Waals surface area contributed by atoms with Crippen molar-refractivity contribution in [2.45, 2.75) is 50.4 Å². The molecule has 3 aromatic heterocycles. The quantitative estimate of drug-likeness (QED) is 0.0281. The van der Waals surface area contributed by atoms with Crippen molar-refractivity contribution in [1.29, 1.82) is 0 Å². The highest BCUT2D eigenvalue weighted by Crippen LogP contribution is 2.46. The van der Waals surface area contributed by atoms with Gasteiger partial charge < -0.3 is 35.6 Å². The minimum Gasteiger partial charge on any atom is -0.495 e. The number of nitrogens with two attached hydrogens (primary N) is 1. The van der Waals surface area contributed by atoms with Crippen molar-refractivity contribution in [3.63, 3.8) is 0 Å². The van der Waals surface area contributed by atoms with Crippen LogP contribution in [0.4, 0.5) is 51.0 Å². The predicted molar refractivity (Wildman–Crippen MR) is 221 cm³/mol. The zero-order chi connectivity index (χ0) is 39.2. The van der Waals surface area contributed by atoms with Crippen molar-refractivity contribution in [3.8, 4) is 11.5 Å². The van der Waals surface area contributed by atoms with Gasteiger partial charge in [0, 0.05) is 44.1 Å². The van der Waals surface area contributed by atoms with Crippen LogP contribution in [0.3, 0.4) is 0 Å². The summed E-state index contributed by atoms with van der Waals surface area (Å²) in [6.45, 7) is 13.2. The van der Waals surface area contributed by atoms with Crippen molar-refractivity contribution in [3.05, 3.63) is 29.3 Å². The standard InChI is InChI=1S/C33H42ClN11O5S4/c1-8-13-51-33-39-31(36-19-15-22(44(9-2)10-3)24(49-6)14-18(19)35)38-32(40-33)37-20-16-23(45(11-4)12-5)25(50-7)17-21(20)41-42-28-26-27(34)30(54(46,47)48)52-29(26)43-53-28/h14-17H,8-13,35H2,1-7H3,(H,46,47,48)(H2,36,37,38,39,40). The highest BCUT2D eigenvalue weighted by molar-refractivity contribution is 7.99. The first-order valence-electron chi connectivity index (χ1n) is 17.0. The molecule has 0 aliphatic rings. The molecule has 0 aliphatic carbocycles. The Morgan fingerprint density at radius 1 is 0.889 bits per heavy atom. The third-order valence-corrected chi connectivity index (χ3v) is 13.0. The van der Waals surface area contributed by atoms with Crippen molar-refractivity contribution in [2.24, 2.45) is 10.2 Å². The summed E-state index contributed by atoms with van der Waals surface area (Å²) in [7, 11) is -1.37. The number of nitrogens with zero attached hydrogens (tertiary/aromatic N) is 8. The van der Waals surface area contributed by atoms with Crippen LogP contribution in [0.1, 0.15) is 41.0 Å². The minimum absolute atomic E-state index is 0.169. The van der Waals surface area contributed by atoms with E-state index in [4.69, 9.17) is 41.8 Å². The number of azo groups is 1. The van der Waals surface area contributed by atoms with E-state index in [0.29, 0.717) is 57.3 Å². The molecule has 0 radical (unpaired) electrons. The third-order valence-electron chi connectivity index (χ3n) is 8.11. The minimum atomic E-state index is -4.56. The highest BCUT2D eigenvalue weighted by Gasteiger charge is 2.25. The smallest absolute Gasteiger partial charge is 0.305 e. The first kappa shape index (κ1) is 41.0. The zero-order valence-electron chi connectivity index (χ0n) is 30.8. The molecule has 0 saturated heterocycles. The molecular weight excluding hydrogens is 794 g/mol. The van der Waals surface area contributed by atoms with Crippen LogP contribution in [0, 0.1) is 0 Å². The number of anilines is 7. The number of ether oxygens (including phenoxy) is 2. The van der Waals surface area contributed by atoms with Gasteiger partial charge in [-0.25, -0.2) is 0 Å². The molecule has 0 saturated carbocycles. The van der Waals surface area contributed by atoms with Gasteiger partial charge >= 0.3 is 10.1 Å². The fourth-order valence-electron chi connectivity index (χ4n) is 5.44. The second kappa shape index (κ2) is 17.9. The van der Waals surface area contributed by atoms with Crippen LogP contribution in [0.2, 0.25) is 5.02 Å². The fourth-order valence-corrected chi connectivity index (χ4v) is 9.44. The van der Waals surface area contributed by atoms with Gasteiger partial charge in [0.05, 0.1) is 53.1 Å². The van der Waals surface area contributed by atoms with Gasteiger partial charge in [-0.15, -0.1) is 10.2 Å². The lowest BCUT2D eigenvalue weighted by molar-refractivity contribution is 0.414. The molecule has 0 unspecified atom stereocenters. The molecule has 0 atom stereocenters. The van der Waals surface area contributed by atoms with E-state index in [1.807, 2.05) is 26.0 Å². The van der Waals surface area contributed by atoms with Gasteiger partial charge in [-0.1, -0.05) is 41.6 Å². The van der Waals surface area contributed by atoms with Gasteiger partial charge in [0.25, 0.3) is 0 Å². The van der Waals surface area contributed by atoms with Gasteiger partial charge in [0.1, 0.15) is 22.0 Å².